The van der Waals surface area contributed by atoms with Crippen LogP contribution in [-0.2, 0) is 0 Å². The zero-order valence-electron chi connectivity index (χ0n) is 9.34. The summed E-state index contributed by atoms with van der Waals surface area (Å²) in [7, 11) is 0. The van der Waals surface area contributed by atoms with Crippen LogP contribution in [0, 0.1) is 6.92 Å². The number of para-hydroxylation sites is 1. The van der Waals surface area contributed by atoms with Crippen molar-refractivity contribution in [3.63, 3.8) is 0 Å². The van der Waals surface area contributed by atoms with E-state index < -0.39 is 0 Å². The monoisotopic (exact) mass is 225 g/mol. The van der Waals surface area contributed by atoms with Crippen molar-refractivity contribution in [2.45, 2.75) is 6.92 Å². The molecule has 2 heterocycles. The number of aromatic nitrogens is 3. The highest BCUT2D eigenvalue weighted by Gasteiger charge is 2.11. The zero-order valence-corrected chi connectivity index (χ0v) is 9.34. The first kappa shape index (κ1) is 9.84. The number of aryl methyl sites for hydroxylation is 1. The number of nitrogens with one attached hydrogen (secondary N) is 1. The number of pyridine rings is 1. The minimum Gasteiger partial charge on any atom is -0.344 e. The summed E-state index contributed by atoms with van der Waals surface area (Å²) in [6, 6.07) is 11.3. The maximum Gasteiger partial charge on any atom is 0.192 e. The van der Waals surface area contributed by atoms with Crippen LogP contribution in [0.4, 0.5) is 0 Å². The predicted octanol–water partition coefficient (Wildman–Crippen LogP) is 2.02. The first-order valence-electron chi connectivity index (χ1n) is 5.40. The standard InChI is InChI=1S/C13H11N3O/c1-9-12-11(17)7-8-14-13(12)15-16(9)10-5-3-2-4-6-10/h2-8H,1H3,(H,14,15). The molecule has 4 nitrogen and oxygen atoms in total. The lowest BCUT2D eigenvalue weighted by Crippen LogP contribution is -2.01. The number of nitrogens with zero attached hydrogens (tertiary/aromatic N) is 2. The molecule has 0 aliphatic carbocycles. The number of hydrogen-bond acceptors (Lipinski definition) is 2. The van der Waals surface area contributed by atoms with Crippen LogP contribution in [0.2, 0.25) is 0 Å². The number of benzene rings is 1. The fraction of sp³-hybridized carbons (Fsp3) is 0.0769. The highest BCUT2D eigenvalue weighted by atomic mass is 16.1. The molecule has 4 heteroatoms. The van der Waals surface area contributed by atoms with Gasteiger partial charge in [0, 0.05) is 12.3 Å². The first-order valence-corrected chi connectivity index (χ1v) is 5.40. The van der Waals surface area contributed by atoms with Crippen molar-refractivity contribution in [2.24, 2.45) is 0 Å². The van der Waals surface area contributed by atoms with Crippen LogP contribution in [0.5, 0.6) is 0 Å². The fourth-order valence-electron chi connectivity index (χ4n) is 2.00. The van der Waals surface area contributed by atoms with E-state index in [-0.39, 0.29) is 5.43 Å². The van der Waals surface area contributed by atoms with Gasteiger partial charge in [-0.25, -0.2) is 4.68 Å². The van der Waals surface area contributed by atoms with Gasteiger partial charge in [-0.15, -0.1) is 5.10 Å². The lowest BCUT2D eigenvalue weighted by Gasteiger charge is -2.02. The van der Waals surface area contributed by atoms with Gasteiger partial charge in [0.25, 0.3) is 0 Å². The van der Waals surface area contributed by atoms with Gasteiger partial charge in [-0.05, 0) is 19.1 Å². The Morgan fingerprint density at radius 1 is 1.18 bits per heavy atom. The summed E-state index contributed by atoms with van der Waals surface area (Å²) >= 11 is 0. The molecule has 0 spiro atoms. The van der Waals surface area contributed by atoms with Crippen molar-refractivity contribution in [3.05, 3.63) is 58.5 Å². The van der Waals surface area contributed by atoms with Gasteiger partial charge in [-0.2, -0.15) is 0 Å². The smallest absolute Gasteiger partial charge is 0.192 e. The molecule has 3 rings (SSSR count). The van der Waals surface area contributed by atoms with E-state index in [1.165, 1.54) is 6.07 Å². The van der Waals surface area contributed by atoms with Crippen LogP contribution >= 0.6 is 0 Å². The van der Waals surface area contributed by atoms with Gasteiger partial charge in [0.1, 0.15) is 0 Å². The normalized spacial score (nSPS) is 10.9. The molecule has 84 valence electrons. The maximum atomic E-state index is 11.8. The van der Waals surface area contributed by atoms with Crippen molar-refractivity contribution in [1.82, 2.24) is 14.8 Å². The molecule has 3 aromatic rings. The lowest BCUT2D eigenvalue weighted by molar-refractivity contribution is 0.856. The van der Waals surface area contributed by atoms with Gasteiger partial charge in [-0.1, -0.05) is 18.2 Å². The van der Waals surface area contributed by atoms with Gasteiger partial charge < -0.3 is 4.98 Å². The van der Waals surface area contributed by atoms with Crippen molar-refractivity contribution in [3.8, 4) is 5.69 Å². The molecule has 0 saturated heterocycles. The number of rotatable bonds is 1. The molecule has 0 radical (unpaired) electrons. The molecule has 0 aliphatic rings. The molecule has 0 aliphatic heterocycles. The molecule has 0 unspecified atom stereocenters. The van der Waals surface area contributed by atoms with Gasteiger partial charge in [0.15, 0.2) is 11.1 Å². The predicted molar refractivity (Wildman–Crippen MR) is 66.4 cm³/mol. The summed E-state index contributed by atoms with van der Waals surface area (Å²) < 4.78 is 1.78. The topological polar surface area (TPSA) is 50.7 Å². The molecule has 1 aromatic carbocycles. The molecule has 0 bridgehead atoms. The summed E-state index contributed by atoms with van der Waals surface area (Å²) in [6.07, 6.45) is 1.62. The van der Waals surface area contributed by atoms with E-state index in [4.69, 9.17) is 0 Å². The van der Waals surface area contributed by atoms with E-state index in [1.54, 1.807) is 10.9 Å². The Hall–Kier alpha value is -2.36. The second-order valence-corrected chi connectivity index (χ2v) is 3.90. The number of hydrogen-bond donors (Lipinski definition) is 1. The van der Waals surface area contributed by atoms with Crippen LogP contribution < -0.4 is 5.43 Å². The molecule has 2 aromatic heterocycles. The summed E-state index contributed by atoms with van der Waals surface area (Å²) in [5.41, 5.74) is 2.43. The minimum absolute atomic E-state index is 0.00145. The summed E-state index contributed by atoms with van der Waals surface area (Å²) in [4.78, 5) is 14.8. The Morgan fingerprint density at radius 3 is 2.65 bits per heavy atom. The Bertz CT molecular complexity index is 725. The average Bonchev–Trinajstić information content (AvgIpc) is 2.69. The Morgan fingerprint density at radius 2 is 1.94 bits per heavy atom. The molecule has 0 atom stereocenters. The maximum absolute atomic E-state index is 11.8. The van der Waals surface area contributed by atoms with E-state index in [0.29, 0.717) is 11.0 Å². The van der Waals surface area contributed by atoms with Crippen molar-refractivity contribution in [2.75, 3.05) is 0 Å². The Labute approximate surface area is 97.5 Å². The van der Waals surface area contributed by atoms with Crippen molar-refractivity contribution >= 4 is 11.0 Å². The zero-order chi connectivity index (χ0) is 11.8. The molecule has 1 N–H and O–H groups in total. The summed E-state index contributed by atoms with van der Waals surface area (Å²) in [5.74, 6) is 0. The second kappa shape index (κ2) is 3.59. The van der Waals surface area contributed by atoms with Crippen LogP contribution in [0.15, 0.2) is 47.4 Å². The minimum atomic E-state index is -0.00145. The van der Waals surface area contributed by atoms with E-state index in [2.05, 4.69) is 10.1 Å². The highest BCUT2D eigenvalue weighted by Crippen LogP contribution is 2.16. The van der Waals surface area contributed by atoms with Gasteiger partial charge in [0.2, 0.25) is 0 Å². The van der Waals surface area contributed by atoms with Crippen molar-refractivity contribution in [1.29, 1.82) is 0 Å². The van der Waals surface area contributed by atoms with E-state index in [9.17, 15) is 4.79 Å². The number of fused-ring (bicyclic) bond motifs is 1. The third kappa shape index (κ3) is 1.45. The molecule has 0 amide bonds. The third-order valence-corrected chi connectivity index (χ3v) is 2.82. The van der Waals surface area contributed by atoms with Crippen LogP contribution in [0.25, 0.3) is 16.7 Å². The van der Waals surface area contributed by atoms with Crippen LogP contribution in [0.3, 0.4) is 0 Å². The largest absolute Gasteiger partial charge is 0.344 e. The molecule has 0 fully saturated rings. The SMILES string of the molecule is Cc1c2c(=O)cc[nH]c2nn1-c1ccccc1. The van der Waals surface area contributed by atoms with E-state index in [1.807, 2.05) is 37.3 Å². The number of aromatic amines is 1. The third-order valence-electron chi connectivity index (χ3n) is 2.82. The summed E-state index contributed by atoms with van der Waals surface area (Å²) in [6.45, 7) is 1.90. The van der Waals surface area contributed by atoms with Gasteiger partial charge in [-0.3, -0.25) is 4.79 Å². The van der Waals surface area contributed by atoms with E-state index >= 15 is 0 Å². The molecular weight excluding hydrogens is 214 g/mol. The number of H-pyrrole nitrogens is 1. The average molecular weight is 225 g/mol. The van der Waals surface area contributed by atoms with E-state index in [0.717, 1.165) is 11.4 Å². The van der Waals surface area contributed by atoms with Crippen LogP contribution in [0.1, 0.15) is 5.69 Å². The highest BCUT2D eigenvalue weighted by molar-refractivity contribution is 5.78. The summed E-state index contributed by atoms with van der Waals surface area (Å²) in [5, 5.41) is 5.05. The molecule has 17 heavy (non-hydrogen) atoms. The lowest BCUT2D eigenvalue weighted by atomic mass is 10.2. The van der Waals surface area contributed by atoms with Crippen LogP contribution in [-0.4, -0.2) is 14.8 Å². The molecular formula is C13H11N3O. The fourth-order valence-corrected chi connectivity index (χ4v) is 2.00. The Kier molecular flexibility index (Phi) is 2.08. The quantitative estimate of drug-likeness (QED) is 0.688. The van der Waals surface area contributed by atoms with Gasteiger partial charge >= 0.3 is 0 Å². The molecule has 0 saturated carbocycles. The van der Waals surface area contributed by atoms with Crippen molar-refractivity contribution < 1.29 is 0 Å². The first-order chi connectivity index (χ1) is 8.27. The Balaban J connectivity index is 2.37. The second-order valence-electron chi connectivity index (χ2n) is 3.90. The van der Waals surface area contributed by atoms with Gasteiger partial charge in [0.05, 0.1) is 16.8 Å².